The van der Waals surface area contributed by atoms with Crippen molar-refractivity contribution in [3.63, 3.8) is 0 Å². The Morgan fingerprint density at radius 3 is 2.45 bits per heavy atom. The van der Waals surface area contributed by atoms with E-state index in [0.29, 0.717) is 27.2 Å². The summed E-state index contributed by atoms with van der Waals surface area (Å²) >= 11 is 11.7. The van der Waals surface area contributed by atoms with Crippen molar-refractivity contribution in [2.45, 2.75) is 0 Å². The summed E-state index contributed by atoms with van der Waals surface area (Å²) in [6.45, 7) is -3.26. The normalized spacial score (nSPS) is 22.1. The highest BCUT2D eigenvalue weighted by atomic mass is 35.5. The fourth-order valence-corrected chi connectivity index (χ4v) is 2.60. The molecule has 0 saturated carbocycles. The molecule has 2 aromatic rings. The molecule has 0 N–H and O–H groups in total. The molecule has 2 heterocycles. The second-order valence-electron chi connectivity index (χ2n) is 4.49. The van der Waals surface area contributed by atoms with Crippen LogP contribution in [-0.2, 0) is 0 Å². The maximum absolute atomic E-state index is 14.9. The quantitative estimate of drug-likeness (QED) is 0.666. The van der Waals surface area contributed by atoms with Crippen LogP contribution in [0.5, 0.6) is 11.5 Å². The van der Waals surface area contributed by atoms with Crippen LogP contribution in [0, 0.1) is 0 Å². The minimum absolute atomic E-state index is 0.246. The number of nitrogens with zero attached hydrogens (tertiary/aromatic N) is 2. The lowest BCUT2D eigenvalue weighted by molar-refractivity contribution is -0.411. The Morgan fingerprint density at radius 2 is 1.65 bits per heavy atom. The highest BCUT2D eigenvalue weighted by Crippen LogP contribution is 2.47. The van der Waals surface area contributed by atoms with Crippen LogP contribution in [0.1, 0.15) is 0 Å². The molecule has 4 nitrogen and oxygen atoms in total. The molecule has 0 radical (unpaired) electrons. The predicted molar refractivity (Wildman–Crippen MR) is 73.0 cm³/mol. The first kappa shape index (κ1) is 12.0. The van der Waals surface area contributed by atoms with Crippen molar-refractivity contribution >= 4 is 41.5 Å². The number of halogens is 3. The lowest BCUT2D eigenvalue weighted by Gasteiger charge is -2.25. The van der Waals surface area contributed by atoms with Crippen molar-refractivity contribution in [2.24, 2.45) is 5.11 Å². The average molecular weight is 311 g/mol. The van der Waals surface area contributed by atoms with Gasteiger partial charge in [0.15, 0.2) is 11.4 Å². The standard InChI is InChI=1S/C12H6BCl2FN2O2/c14-7-1-3-9-11(5-7)19-13(16)18(17-9)10-4-2-8(15)6-12(10)20-13/h1-6H. The van der Waals surface area contributed by atoms with Gasteiger partial charge in [-0.3, -0.25) is 0 Å². The van der Waals surface area contributed by atoms with E-state index in [1.165, 1.54) is 12.1 Å². The molecular weight excluding hydrogens is 305 g/mol. The molecule has 0 fully saturated rings. The summed E-state index contributed by atoms with van der Waals surface area (Å²) in [5, 5.41) is 5.11. The summed E-state index contributed by atoms with van der Waals surface area (Å²) in [6.07, 6.45) is 0. The largest absolute Gasteiger partial charge is 0.881 e. The monoisotopic (exact) mass is 310 g/mol. The van der Waals surface area contributed by atoms with Crippen LogP contribution < -0.4 is 9.31 Å². The first-order valence-electron chi connectivity index (χ1n) is 5.86. The van der Waals surface area contributed by atoms with Crippen LogP contribution in [0.25, 0.3) is 0 Å². The minimum atomic E-state index is -3.26. The van der Waals surface area contributed by atoms with Crippen molar-refractivity contribution in [3.8, 4) is 11.5 Å². The van der Waals surface area contributed by atoms with Crippen LogP contribution in [0.3, 0.4) is 0 Å². The van der Waals surface area contributed by atoms with Gasteiger partial charge in [-0.15, -0.1) is 0 Å². The van der Waals surface area contributed by atoms with E-state index in [9.17, 15) is 4.32 Å². The summed E-state index contributed by atoms with van der Waals surface area (Å²) in [6, 6.07) is 9.61. The summed E-state index contributed by atoms with van der Waals surface area (Å²) in [5.41, 5.74) is 0.952. The van der Waals surface area contributed by atoms with Crippen LogP contribution in [0.2, 0.25) is 10.0 Å². The molecule has 0 aliphatic carbocycles. The van der Waals surface area contributed by atoms with E-state index in [1.54, 1.807) is 24.3 Å². The predicted octanol–water partition coefficient (Wildman–Crippen LogP) is 4.61. The van der Waals surface area contributed by atoms with Crippen molar-refractivity contribution < 1.29 is 18.2 Å². The number of hydrogen-bond acceptors (Lipinski definition) is 3. The number of hydrogen-bond donors (Lipinski definition) is 0. The lowest BCUT2D eigenvalue weighted by atomic mass is 10.0. The van der Waals surface area contributed by atoms with Crippen LogP contribution >= 0.6 is 23.2 Å². The second-order valence-corrected chi connectivity index (χ2v) is 5.36. The van der Waals surface area contributed by atoms with Gasteiger partial charge in [-0.2, -0.15) is 4.61 Å². The summed E-state index contributed by atoms with van der Waals surface area (Å²) in [7, 11) is 0. The molecule has 20 heavy (non-hydrogen) atoms. The number of azo groups is 1. The van der Waals surface area contributed by atoms with Gasteiger partial charge in [0.05, 0.1) is 0 Å². The van der Waals surface area contributed by atoms with E-state index in [1.807, 2.05) is 0 Å². The first-order chi connectivity index (χ1) is 9.55. The van der Waals surface area contributed by atoms with Gasteiger partial charge in [0, 0.05) is 22.2 Å². The average Bonchev–Trinajstić information content (AvgIpc) is 2.66. The van der Waals surface area contributed by atoms with Crippen molar-refractivity contribution in [1.29, 1.82) is 0 Å². The van der Waals surface area contributed by atoms with E-state index in [0.717, 1.165) is 4.61 Å². The Balaban J connectivity index is 1.92. The Kier molecular flexibility index (Phi) is 2.32. The molecular formula is C12H6BCl2FN2O2. The minimum Gasteiger partial charge on any atom is -0.588 e. The van der Waals surface area contributed by atoms with Gasteiger partial charge in [0.1, 0.15) is 5.75 Å². The topological polar surface area (TPSA) is 33.8 Å². The molecule has 2 aliphatic rings. The van der Waals surface area contributed by atoms with Crippen molar-refractivity contribution in [2.75, 3.05) is 0 Å². The van der Waals surface area contributed by atoms with E-state index >= 15 is 0 Å². The molecule has 0 amide bonds. The van der Waals surface area contributed by atoms with Gasteiger partial charge in [-0.1, -0.05) is 23.2 Å². The molecule has 4 rings (SSSR count). The number of fused-ring (bicyclic) bond motifs is 4. The van der Waals surface area contributed by atoms with Crippen molar-refractivity contribution in [3.05, 3.63) is 46.4 Å². The highest BCUT2D eigenvalue weighted by Gasteiger charge is 2.61. The SMILES string of the molecule is F[B-]12Oc3cc(Cl)ccc3N=[N+]1c1ccc(Cl)cc1O2. The Morgan fingerprint density at radius 1 is 1.00 bits per heavy atom. The van der Waals surface area contributed by atoms with E-state index < -0.39 is 6.96 Å². The second kappa shape index (κ2) is 3.87. The van der Waals surface area contributed by atoms with Gasteiger partial charge in [0.2, 0.25) is 5.69 Å². The van der Waals surface area contributed by atoms with E-state index in [-0.39, 0.29) is 5.75 Å². The fraction of sp³-hybridized carbons (Fsp3) is 0. The van der Waals surface area contributed by atoms with Gasteiger partial charge >= 0.3 is 6.96 Å². The summed E-state index contributed by atoms with van der Waals surface area (Å²) in [5.74, 6) is 0.540. The molecule has 1 unspecified atom stereocenters. The van der Waals surface area contributed by atoms with Crippen LogP contribution in [0.4, 0.5) is 15.7 Å². The van der Waals surface area contributed by atoms with Gasteiger partial charge in [-0.05, 0) is 29.4 Å². The third-order valence-electron chi connectivity index (χ3n) is 3.14. The third-order valence-corrected chi connectivity index (χ3v) is 3.61. The Labute approximate surface area is 123 Å². The van der Waals surface area contributed by atoms with Crippen LogP contribution in [0.15, 0.2) is 41.5 Å². The molecule has 2 aromatic carbocycles. The zero-order chi connectivity index (χ0) is 13.9. The van der Waals surface area contributed by atoms with Gasteiger partial charge in [0.25, 0.3) is 0 Å². The van der Waals surface area contributed by atoms with Gasteiger partial charge < -0.3 is 13.6 Å². The van der Waals surface area contributed by atoms with Crippen LogP contribution in [-0.4, -0.2) is 11.6 Å². The zero-order valence-corrected chi connectivity index (χ0v) is 11.4. The molecule has 0 spiro atoms. The van der Waals surface area contributed by atoms with Gasteiger partial charge in [-0.25, -0.2) is 0 Å². The maximum atomic E-state index is 14.9. The molecule has 1 atom stereocenters. The fourth-order valence-electron chi connectivity index (χ4n) is 2.28. The smallest absolute Gasteiger partial charge is 0.588 e. The number of benzene rings is 2. The summed E-state index contributed by atoms with van der Waals surface area (Å²) in [4.78, 5) is 0. The molecule has 8 heteroatoms. The van der Waals surface area contributed by atoms with E-state index in [2.05, 4.69) is 5.11 Å². The molecule has 0 aromatic heterocycles. The first-order valence-corrected chi connectivity index (χ1v) is 6.61. The molecule has 2 aliphatic heterocycles. The molecule has 0 bridgehead atoms. The molecule has 100 valence electrons. The highest BCUT2D eigenvalue weighted by molar-refractivity contribution is 6.54. The Bertz CT molecular complexity index is 777. The summed E-state index contributed by atoms with van der Waals surface area (Å²) < 4.78 is 26.5. The lowest BCUT2D eigenvalue weighted by Crippen LogP contribution is -2.50. The molecule has 0 saturated heterocycles. The van der Waals surface area contributed by atoms with Crippen molar-refractivity contribution in [1.82, 2.24) is 0 Å². The zero-order valence-electron chi connectivity index (χ0n) is 9.89. The number of rotatable bonds is 0. The third kappa shape index (κ3) is 1.61. The maximum Gasteiger partial charge on any atom is 0.881 e. The Hall–Kier alpha value is -1.79. The van der Waals surface area contributed by atoms with E-state index in [4.69, 9.17) is 32.5 Å².